The van der Waals surface area contributed by atoms with E-state index in [2.05, 4.69) is 28.8 Å². The molecule has 0 radical (unpaired) electrons. The van der Waals surface area contributed by atoms with Crippen LogP contribution in [-0.2, 0) is 16.6 Å². The molecule has 0 atom stereocenters. The highest BCUT2D eigenvalue weighted by Gasteiger charge is 2.23. The lowest BCUT2D eigenvalue weighted by atomic mass is 10.3. The summed E-state index contributed by atoms with van der Waals surface area (Å²) in [6.45, 7) is 1.45. The topological polar surface area (TPSA) is 112 Å². The summed E-state index contributed by atoms with van der Waals surface area (Å²) in [5.41, 5.74) is 1.84. The molecular formula is C15H15N7O2S2. The van der Waals surface area contributed by atoms with Crippen LogP contribution in [0.2, 0.25) is 0 Å². The Hall–Kier alpha value is -2.63. The van der Waals surface area contributed by atoms with Crippen LogP contribution in [0, 0.1) is 0 Å². The van der Waals surface area contributed by atoms with E-state index in [-0.39, 0.29) is 10.9 Å². The van der Waals surface area contributed by atoms with E-state index >= 15 is 0 Å². The number of pyridine rings is 1. The van der Waals surface area contributed by atoms with Gasteiger partial charge >= 0.3 is 0 Å². The summed E-state index contributed by atoms with van der Waals surface area (Å²) in [5, 5.41) is 2.98. The predicted octanol–water partition coefficient (Wildman–Crippen LogP) is 0.741. The Balaban J connectivity index is 1.47. The van der Waals surface area contributed by atoms with Gasteiger partial charge < -0.3 is 5.32 Å². The van der Waals surface area contributed by atoms with Gasteiger partial charge in [0.1, 0.15) is 15.9 Å². The molecule has 1 aromatic carbocycles. The van der Waals surface area contributed by atoms with Gasteiger partial charge in [0.15, 0.2) is 0 Å². The van der Waals surface area contributed by atoms with Crippen LogP contribution in [-0.4, -0.2) is 46.3 Å². The highest BCUT2D eigenvalue weighted by atomic mass is 32.2. The van der Waals surface area contributed by atoms with Gasteiger partial charge in [0.25, 0.3) is 10.0 Å². The molecule has 26 heavy (non-hydrogen) atoms. The summed E-state index contributed by atoms with van der Waals surface area (Å²) in [6, 6.07) is 10.6. The summed E-state index contributed by atoms with van der Waals surface area (Å²) in [7, 11) is -3.80. The minimum atomic E-state index is -3.80. The van der Waals surface area contributed by atoms with Crippen molar-refractivity contribution >= 4 is 38.7 Å². The van der Waals surface area contributed by atoms with E-state index in [0.29, 0.717) is 30.9 Å². The van der Waals surface area contributed by atoms with E-state index in [9.17, 15) is 8.42 Å². The summed E-state index contributed by atoms with van der Waals surface area (Å²) >= 11 is 0.980. The number of sulfonamides is 1. The van der Waals surface area contributed by atoms with E-state index in [1.807, 2.05) is 23.1 Å². The fourth-order valence-electron chi connectivity index (χ4n) is 2.54. The van der Waals surface area contributed by atoms with Crippen molar-refractivity contribution in [2.24, 2.45) is 4.99 Å². The maximum atomic E-state index is 12.7. The van der Waals surface area contributed by atoms with Crippen molar-refractivity contribution in [2.45, 2.75) is 11.4 Å². The maximum Gasteiger partial charge on any atom is 0.266 e. The van der Waals surface area contributed by atoms with Gasteiger partial charge in [0, 0.05) is 12.7 Å². The van der Waals surface area contributed by atoms with Gasteiger partial charge in [-0.05, 0) is 24.3 Å². The van der Waals surface area contributed by atoms with Crippen molar-refractivity contribution in [3.63, 3.8) is 0 Å². The molecule has 11 heteroatoms. The van der Waals surface area contributed by atoms with E-state index in [1.165, 1.54) is 6.07 Å². The molecular weight excluding hydrogens is 374 g/mol. The Bertz CT molecular complexity index is 1050. The minimum absolute atomic E-state index is 0.0872. The number of aliphatic imine (C=N–C) groups is 1. The lowest BCUT2D eigenvalue weighted by Crippen LogP contribution is -2.49. The lowest BCUT2D eigenvalue weighted by molar-refractivity contribution is 0.252. The van der Waals surface area contributed by atoms with Crippen molar-refractivity contribution in [3.05, 3.63) is 48.3 Å². The Labute approximate surface area is 154 Å². The summed E-state index contributed by atoms with van der Waals surface area (Å²) in [4.78, 5) is 10.6. The molecule has 0 unspecified atom stereocenters. The quantitative estimate of drug-likeness (QED) is 0.677. The first-order valence-electron chi connectivity index (χ1n) is 7.76. The third-order valence-corrected chi connectivity index (χ3v) is 5.69. The van der Waals surface area contributed by atoms with Gasteiger partial charge in [-0.3, -0.25) is 9.88 Å². The Morgan fingerprint density at radius 2 is 2.12 bits per heavy atom. The highest BCUT2D eigenvalue weighted by Crippen LogP contribution is 2.20. The van der Waals surface area contributed by atoms with Crippen molar-refractivity contribution in [1.82, 2.24) is 28.7 Å². The average Bonchev–Trinajstić information content (AvgIpc) is 3.12. The summed E-state index contributed by atoms with van der Waals surface area (Å²) in [5.74, 6) is 0.211. The number of rotatable bonds is 4. The first-order chi connectivity index (χ1) is 12.6. The Morgan fingerprint density at radius 3 is 2.88 bits per heavy atom. The highest BCUT2D eigenvalue weighted by molar-refractivity contribution is 7.90. The maximum absolute atomic E-state index is 12.7. The Kier molecular flexibility index (Phi) is 4.49. The van der Waals surface area contributed by atoms with E-state index in [4.69, 9.17) is 0 Å². The SMILES string of the molecule is O=S(=O)(NC1=NCN(Cc2ccccn2)CN1)c1cccc2nsnc12. The zero-order chi connectivity index (χ0) is 18.0. The zero-order valence-corrected chi connectivity index (χ0v) is 15.2. The largest absolute Gasteiger partial charge is 0.343 e. The minimum Gasteiger partial charge on any atom is -0.343 e. The smallest absolute Gasteiger partial charge is 0.266 e. The number of nitrogens with zero attached hydrogens (tertiary/aromatic N) is 5. The van der Waals surface area contributed by atoms with Crippen LogP contribution >= 0.6 is 11.7 Å². The van der Waals surface area contributed by atoms with Gasteiger partial charge in [-0.1, -0.05) is 12.1 Å². The molecule has 0 saturated carbocycles. The monoisotopic (exact) mass is 389 g/mol. The van der Waals surface area contributed by atoms with Crippen molar-refractivity contribution in [1.29, 1.82) is 0 Å². The number of guanidine groups is 1. The predicted molar refractivity (Wildman–Crippen MR) is 97.8 cm³/mol. The lowest BCUT2D eigenvalue weighted by Gasteiger charge is -2.26. The van der Waals surface area contributed by atoms with Crippen LogP contribution in [0.3, 0.4) is 0 Å². The standard InChI is InChI=1S/C15H15N7O2S2/c23-26(24,13-6-3-5-12-14(13)20-25-19-12)21-15-17-9-22(10-18-15)8-11-4-1-2-7-16-11/h1-7H,8-10H2,(H2,17,18,21). The van der Waals surface area contributed by atoms with Gasteiger partial charge in [-0.25, -0.2) is 18.1 Å². The van der Waals surface area contributed by atoms with Crippen LogP contribution in [0.15, 0.2) is 52.5 Å². The number of benzene rings is 1. The van der Waals surface area contributed by atoms with Crippen molar-refractivity contribution < 1.29 is 8.42 Å². The molecule has 0 spiro atoms. The number of aromatic nitrogens is 3. The summed E-state index contributed by atoms with van der Waals surface area (Å²) < 4.78 is 36.0. The molecule has 0 amide bonds. The molecule has 1 aliphatic heterocycles. The van der Waals surface area contributed by atoms with Crippen molar-refractivity contribution in [2.75, 3.05) is 13.3 Å². The van der Waals surface area contributed by atoms with Gasteiger partial charge in [0.2, 0.25) is 5.96 Å². The second-order valence-electron chi connectivity index (χ2n) is 5.63. The fraction of sp³-hybridized carbons (Fsp3) is 0.200. The molecule has 4 rings (SSSR count). The third-order valence-electron chi connectivity index (χ3n) is 3.78. The van der Waals surface area contributed by atoms with Gasteiger partial charge in [-0.2, -0.15) is 8.75 Å². The van der Waals surface area contributed by atoms with Crippen LogP contribution in [0.4, 0.5) is 0 Å². The first kappa shape index (κ1) is 16.8. The van der Waals surface area contributed by atoms with Crippen molar-refractivity contribution in [3.8, 4) is 0 Å². The van der Waals surface area contributed by atoms with Crippen LogP contribution in [0.25, 0.3) is 11.0 Å². The molecule has 0 aliphatic carbocycles. The van der Waals surface area contributed by atoms with Crippen LogP contribution in [0.1, 0.15) is 5.69 Å². The van der Waals surface area contributed by atoms with E-state index in [0.717, 1.165) is 17.4 Å². The van der Waals surface area contributed by atoms with E-state index in [1.54, 1.807) is 18.3 Å². The molecule has 1 aliphatic rings. The molecule has 2 aromatic heterocycles. The number of fused-ring (bicyclic) bond motifs is 1. The Morgan fingerprint density at radius 1 is 1.19 bits per heavy atom. The van der Waals surface area contributed by atoms with Gasteiger partial charge in [0.05, 0.1) is 30.8 Å². The average molecular weight is 389 g/mol. The first-order valence-corrected chi connectivity index (χ1v) is 9.98. The second kappa shape index (κ2) is 6.94. The third kappa shape index (κ3) is 3.49. The second-order valence-corrected chi connectivity index (χ2v) is 7.81. The molecule has 0 saturated heterocycles. The van der Waals surface area contributed by atoms with Crippen LogP contribution < -0.4 is 10.0 Å². The normalized spacial score (nSPS) is 15.5. The molecule has 9 nitrogen and oxygen atoms in total. The molecule has 3 aromatic rings. The van der Waals surface area contributed by atoms with Gasteiger partial charge in [-0.15, -0.1) is 0 Å². The molecule has 134 valence electrons. The zero-order valence-electron chi connectivity index (χ0n) is 13.5. The van der Waals surface area contributed by atoms with E-state index < -0.39 is 10.0 Å². The number of nitrogens with one attached hydrogen (secondary N) is 2. The summed E-state index contributed by atoms with van der Waals surface area (Å²) in [6.07, 6.45) is 1.74. The molecule has 2 N–H and O–H groups in total. The fourth-order valence-corrected chi connectivity index (χ4v) is 4.31. The van der Waals surface area contributed by atoms with Crippen LogP contribution in [0.5, 0.6) is 0 Å². The molecule has 0 fully saturated rings. The molecule has 0 bridgehead atoms. The molecule has 3 heterocycles. The number of hydrogen-bond acceptors (Lipinski definition) is 9. The number of hydrogen-bond donors (Lipinski definition) is 2.